The van der Waals surface area contributed by atoms with Crippen molar-refractivity contribution in [2.45, 2.75) is 19.1 Å². The van der Waals surface area contributed by atoms with Crippen LogP contribution < -0.4 is 10.1 Å². The first-order valence-corrected chi connectivity index (χ1v) is 5.28. The molecule has 0 aliphatic carbocycles. The molecule has 3 N–H and O–H groups in total. The van der Waals surface area contributed by atoms with Crippen LogP contribution in [0.25, 0.3) is 0 Å². The van der Waals surface area contributed by atoms with E-state index in [0.717, 1.165) is 0 Å². The Bertz CT molecular complexity index is 303. The number of nitrogens with one attached hydrogen (secondary N) is 1. The van der Waals surface area contributed by atoms with E-state index in [2.05, 4.69) is 10.3 Å². The number of aliphatic hydroxyl groups excluding tert-OH is 2. The molecule has 0 saturated heterocycles. The highest BCUT2D eigenvalue weighted by atomic mass is 16.5. The van der Waals surface area contributed by atoms with Crippen LogP contribution in [0.4, 0.5) is 0 Å². The monoisotopic (exact) mass is 226 g/mol. The fraction of sp³-hybridized carbons (Fsp3) is 0.545. The van der Waals surface area contributed by atoms with E-state index < -0.39 is 12.2 Å². The lowest BCUT2D eigenvalue weighted by Gasteiger charge is -2.17. The Kier molecular flexibility index (Phi) is 5.18. The van der Waals surface area contributed by atoms with Crippen LogP contribution >= 0.6 is 0 Å². The molecule has 0 aromatic carbocycles. The van der Waals surface area contributed by atoms with Crippen molar-refractivity contribution in [3.05, 3.63) is 23.9 Å². The number of rotatable bonds is 6. The number of nitrogens with zero attached hydrogens (tertiary/aromatic N) is 1. The summed E-state index contributed by atoms with van der Waals surface area (Å²) < 4.78 is 5.18. The number of aromatic nitrogens is 1. The SMILES string of the molecule is CCOc1ccc(C(O)C(O)CNC)cn1. The Hall–Kier alpha value is -1.17. The summed E-state index contributed by atoms with van der Waals surface area (Å²) in [5, 5.41) is 22.1. The van der Waals surface area contributed by atoms with Crippen LogP contribution in [0.15, 0.2) is 18.3 Å². The predicted octanol–water partition coefficient (Wildman–Crippen LogP) is 0.0940. The molecule has 1 aromatic rings. The van der Waals surface area contributed by atoms with Crippen LogP contribution in [-0.2, 0) is 0 Å². The van der Waals surface area contributed by atoms with Gasteiger partial charge in [-0.05, 0) is 20.0 Å². The zero-order valence-corrected chi connectivity index (χ0v) is 9.55. The topological polar surface area (TPSA) is 74.6 Å². The maximum absolute atomic E-state index is 9.77. The minimum absolute atomic E-state index is 0.328. The Labute approximate surface area is 95.1 Å². The predicted molar refractivity (Wildman–Crippen MR) is 60.3 cm³/mol. The van der Waals surface area contributed by atoms with E-state index in [1.165, 1.54) is 6.20 Å². The summed E-state index contributed by atoms with van der Waals surface area (Å²) in [5.74, 6) is 0.515. The zero-order valence-electron chi connectivity index (χ0n) is 9.55. The average Bonchev–Trinajstić information content (AvgIpc) is 2.30. The van der Waals surface area contributed by atoms with Crippen LogP contribution in [0.5, 0.6) is 5.88 Å². The van der Waals surface area contributed by atoms with Crippen molar-refractivity contribution in [2.75, 3.05) is 20.2 Å². The highest BCUT2D eigenvalue weighted by Crippen LogP contribution is 2.17. The van der Waals surface area contributed by atoms with Crippen molar-refractivity contribution in [2.24, 2.45) is 0 Å². The second kappa shape index (κ2) is 6.42. The minimum Gasteiger partial charge on any atom is -0.478 e. The normalized spacial score (nSPS) is 14.5. The quantitative estimate of drug-likeness (QED) is 0.641. The van der Waals surface area contributed by atoms with Gasteiger partial charge in [-0.3, -0.25) is 0 Å². The molecule has 0 radical (unpaired) electrons. The maximum Gasteiger partial charge on any atom is 0.213 e. The molecule has 0 saturated carbocycles. The van der Waals surface area contributed by atoms with Gasteiger partial charge >= 0.3 is 0 Å². The molecule has 2 unspecified atom stereocenters. The van der Waals surface area contributed by atoms with Crippen molar-refractivity contribution in [3.8, 4) is 5.88 Å². The number of aliphatic hydroxyl groups is 2. The Morgan fingerprint density at radius 2 is 2.19 bits per heavy atom. The smallest absolute Gasteiger partial charge is 0.213 e. The first-order chi connectivity index (χ1) is 7.69. The van der Waals surface area contributed by atoms with Crippen molar-refractivity contribution in [1.29, 1.82) is 0 Å². The van der Waals surface area contributed by atoms with Gasteiger partial charge in [0.2, 0.25) is 5.88 Å². The number of ether oxygens (including phenoxy) is 1. The summed E-state index contributed by atoms with van der Waals surface area (Å²) in [5.41, 5.74) is 0.575. The summed E-state index contributed by atoms with van der Waals surface area (Å²) in [6.45, 7) is 2.76. The molecule has 0 fully saturated rings. The molecule has 1 rings (SSSR count). The highest BCUT2D eigenvalue weighted by molar-refractivity contribution is 5.20. The molecule has 0 aliphatic heterocycles. The van der Waals surface area contributed by atoms with E-state index in [9.17, 15) is 10.2 Å². The fourth-order valence-corrected chi connectivity index (χ4v) is 1.34. The van der Waals surface area contributed by atoms with Gasteiger partial charge in [-0.25, -0.2) is 4.98 Å². The first-order valence-electron chi connectivity index (χ1n) is 5.28. The van der Waals surface area contributed by atoms with Gasteiger partial charge in [-0.15, -0.1) is 0 Å². The van der Waals surface area contributed by atoms with Gasteiger partial charge in [0.1, 0.15) is 6.10 Å². The van der Waals surface area contributed by atoms with Crippen LogP contribution in [0.1, 0.15) is 18.6 Å². The molecule has 0 amide bonds. The molecular weight excluding hydrogens is 208 g/mol. The zero-order chi connectivity index (χ0) is 12.0. The van der Waals surface area contributed by atoms with Crippen LogP contribution in [0.2, 0.25) is 0 Å². The van der Waals surface area contributed by atoms with E-state index in [4.69, 9.17) is 4.74 Å². The molecule has 2 atom stereocenters. The third-order valence-electron chi connectivity index (χ3n) is 2.17. The summed E-state index contributed by atoms with van der Waals surface area (Å²) in [4.78, 5) is 4.02. The van der Waals surface area contributed by atoms with Gasteiger partial charge in [-0.2, -0.15) is 0 Å². The Balaban J connectivity index is 2.65. The molecule has 0 bridgehead atoms. The second-order valence-corrected chi connectivity index (χ2v) is 3.43. The van der Waals surface area contributed by atoms with Gasteiger partial charge in [0.15, 0.2) is 0 Å². The van der Waals surface area contributed by atoms with E-state index in [0.29, 0.717) is 24.6 Å². The molecule has 1 heterocycles. The van der Waals surface area contributed by atoms with Gasteiger partial charge < -0.3 is 20.3 Å². The van der Waals surface area contributed by atoms with Crippen LogP contribution in [-0.4, -0.2) is 41.5 Å². The minimum atomic E-state index is -0.935. The summed E-state index contributed by atoms with van der Waals surface area (Å²) in [6, 6.07) is 3.37. The van der Waals surface area contributed by atoms with Gasteiger partial charge in [-0.1, -0.05) is 0 Å². The molecule has 1 aromatic heterocycles. The molecule has 90 valence electrons. The van der Waals surface area contributed by atoms with Gasteiger partial charge in [0, 0.05) is 24.4 Å². The average molecular weight is 226 g/mol. The molecular formula is C11H18N2O3. The van der Waals surface area contributed by atoms with Crippen LogP contribution in [0.3, 0.4) is 0 Å². The number of pyridine rings is 1. The van der Waals surface area contributed by atoms with Gasteiger partial charge in [0.05, 0.1) is 12.7 Å². The number of hydrogen-bond acceptors (Lipinski definition) is 5. The molecule has 16 heavy (non-hydrogen) atoms. The van der Waals surface area contributed by atoms with Crippen molar-refractivity contribution in [3.63, 3.8) is 0 Å². The molecule has 5 nitrogen and oxygen atoms in total. The lowest BCUT2D eigenvalue weighted by atomic mass is 10.1. The van der Waals surface area contributed by atoms with Gasteiger partial charge in [0.25, 0.3) is 0 Å². The second-order valence-electron chi connectivity index (χ2n) is 3.43. The van der Waals surface area contributed by atoms with Crippen molar-refractivity contribution < 1.29 is 14.9 Å². The van der Waals surface area contributed by atoms with E-state index in [1.807, 2.05) is 6.92 Å². The largest absolute Gasteiger partial charge is 0.478 e. The van der Waals surface area contributed by atoms with Crippen molar-refractivity contribution >= 4 is 0 Å². The lowest BCUT2D eigenvalue weighted by molar-refractivity contribution is 0.0200. The molecule has 5 heteroatoms. The maximum atomic E-state index is 9.77. The summed E-state index contributed by atoms with van der Waals surface area (Å²) in [7, 11) is 1.71. The van der Waals surface area contributed by atoms with Crippen LogP contribution in [0, 0.1) is 0 Å². The number of hydrogen-bond donors (Lipinski definition) is 3. The highest BCUT2D eigenvalue weighted by Gasteiger charge is 2.17. The summed E-state index contributed by atoms with van der Waals surface area (Å²) >= 11 is 0. The van der Waals surface area contributed by atoms with E-state index in [1.54, 1.807) is 19.2 Å². The molecule has 0 spiro atoms. The summed E-state index contributed by atoms with van der Waals surface area (Å²) in [6.07, 6.45) is -0.269. The van der Waals surface area contributed by atoms with E-state index >= 15 is 0 Å². The Morgan fingerprint density at radius 1 is 1.44 bits per heavy atom. The first kappa shape index (κ1) is 12.9. The third-order valence-corrected chi connectivity index (χ3v) is 2.17. The fourth-order valence-electron chi connectivity index (χ4n) is 1.34. The van der Waals surface area contributed by atoms with Crippen molar-refractivity contribution in [1.82, 2.24) is 10.3 Å². The van der Waals surface area contributed by atoms with E-state index in [-0.39, 0.29) is 0 Å². The number of likely N-dealkylation sites (N-methyl/N-ethyl adjacent to an activating group) is 1. The standard InChI is InChI=1S/C11H18N2O3/c1-3-16-10-5-4-8(6-13-10)11(15)9(14)7-12-2/h4-6,9,11-12,14-15H,3,7H2,1-2H3. The molecule has 0 aliphatic rings. The lowest BCUT2D eigenvalue weighted by Crippen LogP contribution is -2.29. The Morgan fingerprint density at radius 3 is 2.69 bits per heavy atom. The third kappa shape index (κ3) is 3.44.